The maximum atomic E-state index is 12.2. The molecule has 0 spiro atoms. The largest absolute Gasteiger partial charge is 0.388 e. The number of carbonyl (C=O) groups excluding carboxylic acids is 1. The van der Waals surface area contributed by atoms with Gasteiger partial charge in [-0.2, -0.15) is 0 Å². The van der Waals surface area contributed by atoms with Crippen LogP contribution in [0.5, 0.6) is 0 Å². The van der Waals surface area contributed by atoms with E-state index in [1.807, 2.05) is 0 Å². The average Bonchev–Trinajstić information content (AvgIpc) is 2.86. The Morgan fingerprint density at radius 1 is 1.37 bits per heavy atom. The number of hydrogen-bond acceptors (Lipinski definition) is 4. The quantitative estimate of drug-likeness (QED) is 0.846. The van der Waals surface area contributed by atoms with Crippen LogP contribution in [-0.2, 0) is 9.84 Å². The highest BCUT2D eigenvalue weighted by Gasteiger charge is 2.60. The van der Waals surface area contributed by atoms with Gasteiger partial charge in [0.05, 0.1) is 17.0 Å². The predicted octanol–water partition coefficient (Wildman–Crippen LogP) is 0.297. The molecule has 2 fully saturated rings. The van der Waals surface area contributed by atoms with E-state index >= 15 is 0 Å². The lowest BCUT2D eigenvalue weighted by atomic mass is 10.2. The Balaban J connectivity index is 1.78. The van der Waals surface area contributed by atoms with Crippen LogP contribution < -0.4 is 0 Å². The molecule has 1 aromatic rings. The molecule has 2 aliphatic rings. The molecule has 1 amide bonds. The Morgan fingerprint density at radius 3 is 2.47 bits per heavy atom. The SMILES string of the molecule is CS(=O)(=O)c1ccc(C(=O)N2CC3CC3(O)C2)cc1. The maximum absolute atomic E-state index is 12.2. The van der Waals surface area contributed by atoms with Gasteiger partial charge >= 0.3 is 0 Å². The third-order valence-electron chi connectivity index (χ3n) is 3.92. The van der Waals surface area contributed by atoms with Gasteiger partial charge in [0.2, 0.25) is 0 Å². The van der Waals surface area contributed by atoms with Crippen LogP contribution in [0.4, 0.5) is 0 Å². The summed E-state index contributed by atoms with van der Waals surface area (Å²) >= 11 is 0. The number of β-amino-alcohol motifs (C(OH)–C–C–N with tert-alkyl or cyclic N) is 1. The van der Waals surface area contributed by atoms with Crippen LogP contribution in [0.1, 0.15) is 16.8 Å². The number of piperidine rings is 1. The van der Waals surface area contributed by atoms with Crippen molar-refractivity contribution in [2.24, 2.45) is 5.92 Å². The van der Waals surface area contributed by atoms with Crippen molar-refractivity contribution in [2.75, 3.05) is 19.3 Å². The van der Waals surface area contributed by atoms with Gasteiger partial charge in [0.1, 0.15) is 0 Å². The molecule has 6 heteroatoms. The fourth-order valence-electron chi connectivity index (χ4n) is 2.64. The number of likely N-dealkylation sites (tertiary alicyclic amines) is 1. The van der Waals surface area contributed by atoms with Gasteiger partial charge in [-0.05, 0) is 30.7 Å². The number of benzene rings is 1. The first kappa shape index (κ1) is 12.6. The monoisotopic (exact) mass is 281 g/mol. The van der Waals surface area contributed by atoms with E-state index in [1.54, 1.807) is 4.90 Å². The molecular formula is C13H15NO4S. The summed E-state index contributed by atoms with van der Waals surface area (Å²) in [5.41, 5.74) is -0.208. The fourth-order valence-corrected chi connectivity index (χ4v) is 3.27. The zero-order chi connectivity index (χ0) is 13.8. The standard InChI is InChI=1S/C13H15NO4S/c1-19(17,18)11-4-2-9(3-5-11)12(15)14-7-10-6-13(10,16)8-14/h2-5,10,16H,6-8H2,1H3. The number of sulfone groups is 1. The molecule has 1 heterocycles. The van der Waals surface area contributed by atoms with Crippen molar-refractivity contribution >= 4 is 15.7 Å². The van der Waals surface area contributed by atoms with Crippen LogP contribution in [0.25, 0.3) is 0 Å². The molecule has 2 atom stereocenters. The Kier molecular flexibility index (Phi) is 2.53. The maximum Gasteiger partial charge on any atom is 0.253 e. The lowest BCUT2D eigenvalue weighted by molar-refractivity contribution is 0.0703. The first-order chi connectivity index (χ1) is 8.79. The molecule has 0 radical (unpaired) electrons. The second-order valence-corrected chi connectivity index (χ2v) is 7.50. The van der Waals surface area contributed by atoms with E-state index in [1.165, 1.54) is 24.3 Å². The minimum Gasteiger partial charge on any atom is -0.388 e. The summed E-state index contributed by atoms with van der Waals surface area (Å²) in [6, 6.07) is 5.92. The van der Waals surface area contributed by atoms with Crippen molar-refractivity contribution in [1.82, 2.24) is 4.90 Å². The Labute approximate surface area is 111 Å². The Hall–Kier alpha value is -1.40. The smallest absolute Gasteiger partial charge is 0.253 e. The lowest BCUT2D eigenvalue weighted by Gasteiger charge is -2.19. The van der Waals surface area contributed by atoms with E-state index in [9.17, 15) is 18.3 Å². The fraction of sp³-hybridized carbons (Fsp3) is 0.462. The summed E-state index contributed by atoms with van der Waals surface area (Å²) in [6.07, 6.45) is 1.91. The molecule has 0 bridgehead atoms. The van der Waals surface area contributed by atoms with E-state index in [4.69, 9.17) is 0 Å². The second-order valence-electron chi connectivity index (χ2n) is 5.49. The minimum absolute atomic E-state index is 0.152. The zero-order valence-electron chi connectivity index (χ0n) is 10.5. The van der Waals surface area contributed by atoms with Crippen LogP contribution in [-0.4, -0.2) is 49.3 Å². The van der Waals surface area contributed by atoms with Gasteiger partial charge in [-0.15, -0.1) is 0 Å². The summed E-state index contributed by atoms with van der Waals surface area (Å²) in [7, 11) is -3.24. The van der Waals surface area contributed by atoms with Crippen LogP contribution in [0.2, 0.25) is 0 Å². The summed E-state index contributed by atoms with van der Waals surface area (Å²) in [5, 5.41) is 9.91. The molecule has 1 aliphatic heterocycles. The highest BCUT2D eigenvalue weighted by molar-refractivity contribution is 7.90. The van der Waals surface area contributed by atoms with E-state index in [0.29, 0.717) is 18.7 Å². The number of rotatable bonds is 2. The molecule has 1 aliphatic carbocycles. The first-order valence-electron chi connectivity index (χ1n) is 6.11. The molecule has 1 saturated heterocycles. The molecule has 1 saturated carbocycles. The number of aliphatic hydroxyl groups is 1. The molecule has 1 aromatic carbocycles. The van der Waals surface area contributed by atoms with E-state index < -0.39 is 15.4 Å². The average molecular weight is 281 g/mol. The van der Waals surface area contributed by atoms with Crippen molar-refractivity contribution in [3.8, 4) is 0 Å². The minimum atomic E-state index is -3.24. The molecular weight excluding hydrogens is 266 g/mol. The second kappa shape index (κ2) is 3.80. The highest BCUT2D eigenvalue weighted by Crippen LogP contribution is 2.49. The number of fused-ring (bicyclic) bond motifs is 1. The van der Waals surface area contributed by atoms with Crippen molar-refractivity contribution in [1.29, 1.82) is 0 Å². The summed E-state index contributed by atoms with van der Waals surface area (Å²) in [5.74, 6) is 0.0624. The normalized spacial score (nSPS) is 29.2. The number of carbonyl (C=O) groups is 1. The van der Waals surface area contributed by atoms with Crippen LogP contribution in [0.15, 0.2) is 29.2 Å². The zero-order valence-corrected chi connectivity index (χ0v) is 11.4. The highest BCUT2D eigenvalue weighted by atomic mass is 32.2. The summed E-state index contributed by atoms with van der Waals surface area (Å²) in [4.78, 5) is 14.0. The van der Waals surface area contributed by atoms with Gasteiger partial charge in [-0.1, -0.05) is 0 Å². The van der Waals surface area contributed by atoms with Gasteiger partial charge in [0.25, 0.3) is 5.91 Å². The van der Waals surface area contributed by atoms with E-state index in [0.717, 1.165) is 12.7 Å². The molecule has 3 rings (SSSR count). The molecule has 19 heavy (non-hydrogen) atoms. The van der Waals surface area contributed by atoms with Gasteiger partial charge in [-0.3, -0.25) is 4.79 Å². The van der Waals surface area contributed by atoms with Gasteiger partial charge in [0.15, 0.2) is 9.84 Å². The Morgan fingerprint density at radius 2 is 2.00 bits per heavy atom. The van der Waals surface area contributed by atoms with Crippen molar-refractivity contribution in [3.05, 3.63) is 29.8 Å². The van der Waals surface area contributed by atoms with Gasteiger partial charge in [-0.25, -0.2) is 8.42 Å². The topological polar surface area (TPSA) is 74.7 Å². The molecule has 102 valence electrons. The first-order valence-corrected chi connectivity index (χ1v) is 8.00. The van der Waals surface area contributed by atoms with Gasteiger partial charge < -0.3 is 10.0 Å². The van der Waals surface area contributed by atoms with Crippen molar-refractivity contribution in [2.45, 2.75) is 16.9 Å². The molecule has 5 nitrogen and oxygen atoms in total. The number of hydrogen-bond donors (Lipinski definition) is 1. The predicted molar refractivity (Wildman–Crippen MR) is 68.5 cm³/mol. The van der Waals surface area contributed by atoms with Crippen LogP contribution in [0.3, 0.4) is 0 Å². The van der Waals surface area contributed by atoms with E-state index in [-0.39, 0.29) is 16.7 Å². The number of amides is 1. The Bertz CT molecular complexity index is 637. The lowest BCUT2D eigenvalue weighted by Crippen LogP contribution is -2.33. The van der Waals surface area contributed by atoms with Crippen molar-refractivity contribution < 1.29 is 18.3 Å². The van der Waals surface area contributed by atoms with Crippen LogP contribution >= 0.6 is 0 Å². The third kappa shape index (κ3) is 2.15. The molecule has 1 N–H and O–H groups in total. The summed E-state index contributed by atoms with van der Waals surface area (Å²) in [6.45, 7) is 0.966. The van der Waals surface area contributed by atoms with E-state index in [2.05, 4.69) is 0 Å². The third-order valence-corrected chi connectivity index (χ3v) is 5.05. The summed E-state index contributed by atoms with van der Waals surface area (Å²) < 4.78 is 22.7. The molecule has 0 aromatic heterocycles. The molecule has 2 unspecified atom stereocenters. The number of nitrogens with zero attached hydrogens (tertiary/aromatic N) is 1. The van der Waals surface area contributed by atoms with Gasteiger partial charge in [0, 0.05) is 24.3 Å². The van der Waals surface area contributed by atoms with Crippen molar-refractivity contribution in [3.63, 3.8) is 0 Å². The van der Waals surface area contributed by atoms with Crippen LogP contribution in [0, 0.1) is 5.92 Å².